The summed E-state index contributed by atoms with van der Waals surface area (Å²) in [7, 11) is 0. The van der Waals surface area contributed by atoms with Gasteiger partial charge in [0.05, 0.1) is 0 Å². The number of rotatable bonds is 4. The molecule has 0 aliphatic carbocycles. The van der Waals surface area contributed by atoms with Crippen LogP contribution in [0.25, 0.3) is 0 Å². The molecule has 2 nitrogen and oxygen atoms in total. The maximum absolute atomic E-state index is 6.07. The minimum atomic E-state index is 0.744. The fraction of sp³-hybridized carbons (Fsp3) is 0.143. The van der Waals surface area contributed by atoms with E-state index in [0.29, 0.717) is 0 Å². The van der Waals surface area contributed by atoms with E-state index in [-0.39, 0.29) is 0 Å². The third-order valence-electron chi connectivity index (χ3n) is 2.64. The van der Waals surface area contributed by atoms with Crippen LogP contribution in [0.3, 0.4) is 0 Å². The van der Waals surface area contributed by atoms with Crippen molar-refractivity contribution < 1.29 is 0 Å². The summed E-state index contributed by atoms with van der Waals surface area (Å²) in [6, 6.07) is 15.7. The van der Waals surface area contributed by atoms with Crippen molar-refractivity contribution in [3.05, 3.63) is 64.7 Å². The standard InChI is InChI=1S/C14H15ClN2/c15-13-7-3-1-5-11(13)9-17-10-12-6-2-4-8-14(12)16/h1-8,17H,9-10,16H2. The molecule has 3 heteroatoms. The molecule has 2 aromatic rings. The van der Waals surface area contributed by atoms with Crippen LogP contribution in [-0.2, 0) is 13.1 Å². The minimum Gasteiger partial charge on any atom is -0.398 e. The number of para-hydroxylation sites is 1. The van der Waals surface area contributed by atoms with E-state index in [1.807, 2.05) is 48.5 Å². The van der Waals surface area contributed by atoms with Crippen LogP contribution < -0.4 is 11.1 Å². The molecule has 17 heavy (non-hydrogen) atoms. The Kier molecular flexibility index (Phi) is 4.02. The van der Waals surface area contributed by atoms with E-state index < -0.39 is 0 Å². The Labute approximate surface area is 106 Å². The highest BCUT2D eigenvalue weighted by molar-refractivity contribution is 6.31. The van der Waals surface area contributed by atoms with Crippen LogP contribution in [0.4, 0.5) is 5.69 Å². The van der Waals surface area contributed by atoms with E-state index in [1.54, 1.807) is 0 Å². The zero-order valence-corrected chi connectivity index (χ0v) is 10.2. The molecule has 0 radical (unpaired) electrons. The van der Waals surface area contributed by atoms with E-state index in [2.05, 4.69) is 5.32 Å². The van der Waals surface area contributed by atoms with Crippen LogP contribution in [0, 0.1) is 0 Å². The van der Waals surface area contributed by atoms with Gasteiger partial charge >= 0.3 is 0 Å². The molecule has 0 aromatic heterocycles. The van der Waals surface area contributed by atoms with Crippen LogP contribution in [0.5, 0.6) is 0 Å². The summed E-state index contributed by atoms with van der Waals surface area (Å²) in [5.74, 6) is 0. The molecule has 0 fully saturated rings. The maximum Gasteiger partial charge on any atom is 0.0450 e. The van der Waals surface area contributed by atoms with Crippen molar-refractivity contribution in [2.24, 2.45) is 0 Å². The van der Waals surface area contributed by atoms with E-state index in [4.69, 9.17) is 17.3 Å². The van der Waals surface area contributed by atoms with Gasteiger partial charge in [-0.05, 0) is 23.3 Å². The molecule has 0 atom stereocenters. The van der Waals surface area contributed by atoms with Gasteiger partial charge in [-0.15, -0.1) is 0 Å². The lowest BCUT2D eigenvalue weighted by atomic mass is 10.1. The van der Waals surface area contributed by atoms with Crippen molar-refractivity contribution in [1.29, 1.82) is 0 Å². The number of nitrogen functional groups attached to an aromatic ring is 1. The summed E-state index contributed by atoms with van der Waals surface area (Å²) >= 11 is 6.07. The topological polar surface area (TPSA) is 38.0 Å². The van der Waals surface area contributed by atoms with Crippen LogP contribution in [-0.4, -0.2) is 0 Å². The van der Waals surface area contributed by atoms with Gasteiger partial charge < -0.3 is 11.1 Å². The number of nitrogens with one attached hydrogen (secondary N) is 1. The van der Waals surface area contributed by atoms with Gasteiger partial charge in [-0.2, -0.15) is 0 Å². The van der Waals surface area contributed by atoms with Crippen LogP contribution in [0.15, 0.2) is 48.5 Å². The largest absolute Gasteiger partial charge is 0.398 e. The lowest BCUT2D eigenvalue weighted by molar-refractivity contribution is 0.695. The highest BCUT2D eigenvalue weighted by atomic mass is 35.5. The quantitative estimate of drug-likeness (QED) is 0.813. The van der Waals surface area contributed by atoms with Crippen molar-refractivity contribution in [2.75, 3.05) is 5.73 Å². The Balaban J connectivity index is 1.93. The molecule has 0 bridgehead atoms. The first-order valence-corrected chi connectivity index (χ1v) is 5.92. The second-order valence-electron chi connectivity index (χ2n) is 3.89. The van der Waals surface area contributed by atoms with Crippen molar-refractivity contribution in [2.45, 2.75) is 13.1 Å². The molecular formula is C14H15ClN2. The van der Waals surface area contributed by atoms with Crippen molar-refractivity contribution in [3.63, 3.8) is 0 Å². The number of hydrogen-bond acceptors (Lipinski definition) is 2. The molecule has 0 heterocycles. The Morgan fingerprint density at radius 2 is 1.47 bits per heavy atom. The van der Waals surface area contributed by atoms with Gasteiger partial charge in [0.2, 0.25) is 0 Å². The third-order valence-corrected chi connectivity index (χ3v) is 3.01. The Morgan fingerprint density at radius 3 is 2.18 bits per heavy atom. The molecule has 0 saturated heterocycles. The first-order valence-electron chi connectivity index (χ1n) is 5.55. The van der Waals surface area contributed by atoms with E-state index >= 15 is 0 Å². The average Bonchev–Trinajstić information content (AvgIpc) is 2.34. The van der Waals surface area contributed by atoms with Crippen LogP contribution in [0.2, 0.25) is 5.02 Å². The fourth-order valence-electron chi connectivity index (χ4n) is 1.67. The molecule has 0 aliphatic heterocycles. The lowest BCUT2D eigenvalue weighted by Crippen LogP contribution is -2.14. The Hall–Kier alpha value is -1.51. The number of hydrogen-bond donors (Lipinski definition) is 2. The van der Waals surface area contributed by atoms with Gasteiger partial charge in [-0.3, -0.25) is 0 Å². The monoisotopic (exact) mass is 246 g/mol. The van der Waals surface area contributed by atoms with Gasteiger partial charge in [0.25, 0.3) is 0 Å². The Bertz CT molecular complexity index is 452. The van der Waals surface area contributed by atoms with E-state index in [9.17, 15) is 0 Å². The molecular weight excluding hydrogens is 232 g/mol. The lowest BCUT2D eigenvalue weighted by Gasteiger charge is -2.08. The molecule has 0 spiro atoms. The molecule has 0 aliphatic rings. The molecule has 88 valence electrons. The summed E-state index contributed by atoms with van der Waals surface area (Å²) in [5, 5.41) is 4.13. The van der Waals surface area contributed by atoms with Gasteiger partial charge in [0.1, 0.15) is 0 Å². The second kappa shape index (κ2) is 5.71. The average molecular weight is 247 g/mol. The molecule has 3 N–H and O–H groups in total. The van der Waals surface area contributed by atoms with Crippen LogP contribution in [0.1, 0.15) is 11.1 Å². The summed E-state index contributed by atoms with van der Waals surface area (Å²) in [6.45, 7) is 1.49. The number of nitrogens with two attached hydrogens (primary N) is 1. The predicted molar refractivity (Wildman–Crippen MR) is 72.9 cm³/mol. The van der Waals surface area contributed by atoms with E-state index in [1.165, 1.54) is 0 Å². The number of halogens is 1. The zero-order valence-electron chi connectivity index (χ0n) is 9.49. The zero-order chi connectivity index (χ0) is 12.1. The Morgan fingerprint density at radius 1 is 0.882 bits per heavy atom. The van der Waals surface area contributed by atoms with Gasteiger partial charge in [-0.25, -0.2) is 0 Å². The summed E-state index contributed by atoms with van der Waals surface area (Å²) in [6.07, 6.45) is 0. The fourth-order valence-corrected chi connectivity index (χ4v) is 1.87. The smallest absolute Gasteiger partial charge is 0.0450 e. The summed E-state index contributed by atoms with van der Waals surface area (Å²) < 4.78 is 0. The van der Waals surface area contributed by atoms with Crippen molar-refractivity contribution in [1.82, 2.24) is 5.32 Å². The SMILES string of the molecule is Nc1ccccc1CNCc1ccccc1Cl. The maximum atomic E-state index is 6.07. The molecule has 2 rings (SSSR count). The molecule has 0 amide bonds. The van der Waals surface area contributed by atoms with Crippen molar-refractivity contribution >= 4 is 17.3 Å². The summed E-state index contributed by atoms with van der Waals surface area (Å²) in [4.78, 5) is 0. The highest BCUT2D eigenvalue weighted by Crippen LogP contribution is 2.15. The van der Waals surface area contributed by atoms with Gasteiger partial charge in [-0.1, -0.05) is 48.0 Å². The normalized spacial score (nSPS) is 10.4. The number of benzene rings is 2. The minimum absolute atomic E-state index is 0.744. The summed E-state index contributed by atoms with van der Waals surface area (Å²) in [5.41, 5.74) is 8.89. The second-order valence-corrected chi connectivity index (χ2v) is 4.30. The highest BCUT2D eigenvalue weighted by Gasteiger charge is 2.00. The molecule has 2 aromatic carbocycles. The number of anilines is 1. The van der Waals surface area contributed by atoms with Gasteiger partial charge in [0, 0.05) is 23.8 Å². The van der Waals surface area contributed by atoms with E-state index in [0.717, 1.165) is 34.9 Å². The first-order chi connectivity index (χ1) is 8.27. The van der Waals surface area contributed by atoms with Crippen molar-refractivity contribution in [3.8, 4) is 0 Å². The van der Waals surface area contributed by atoms with Crippen LogP contribution >= 0.6 is 11.6 Å². The predicted octanol–water partition coefficient (Wildman–Crippen LogP) is 3.21. The first kappa shape index (κ1) is 12.0. The molecule has 0 saturated carbocycles. The van der Waals surface area contributed by atoms with Gasteiger partial charge in [0.15, 0.2) is 0 Å². The third kappa shape index (κ3) is 3.22. The molecule has 0 unspecified atom stereocenters.